The van der Waals surface area contributed by atoms with Crippen molar-refractivity contribution in [3.63, 3.8) is 0 Å². The van der Waals surface area contributed by atoms with Crippen LogP contribution in [0.25, 0.3) is 22.0 Å². The number of aromatic nitrogens is 2. The van der Waals surface area contributed by atoms with E-state index in [4.69, 9.17) is 10.5 Å². The molecule has 0 aliphatic rings. The largest absolute Gasteiger partial charge is 0.466 e. The zero-order valence-electron chi connectivity index (χ0n) is 17.2. The van der Waals surface area contributed by atoms with Crippen molar-refractivity contribution in [2.24, 2.45) is 5.73 Å². The minimum absolute atomic E-state index is 0.0512. The number of pyridine rings is 2. The zero-order chi connectivity index (χ0) is 22.7. The van der Waals surface area contributed by atoms with Gasteiger partial charge in [0.2, 0.25) is 0 Å². The first-order valence-electron chi connectivity index (χ1n) is 9.68. The van der Waals surface area contributed by atoms with Crippen LogP contribution in [0.5, 0.6) is 5.75 Å². The number of nitrogens with two attached hydrogens (primary N) is 1. The first-order chi connectivity index (χ1) is 15.3. The van der Waals surface area contributed by atoms with E-state index in [2.05, 4.69) is 21.9 Å². The zero-order valence-corrected chi connectivity index (χ0v) is 18.0. The van der Waals surface area contributed by atoms with Crippen molar-refractivity contribution in [2.75, 3.05) is 5.32 Å². The van der Waals surface area contributed by atoms with Gasteiger partial charge >= 0.3 is 6.23 Å². The molecule has 2 aromatic carbocycles. The number of ether oxygens (including phenoxy) is 1. The molecular weight excluding hydrogens is 430 g/mol. The summed E-state index contributed by atoms with van der Waals surface area (Å²) in [5, 5.41) is 6.58. The molecule has 162 valence electrons. The number of alkyl halides is 2. The Labute approximate surface area is 188 Å². The standard InChI is InChI=1S/C24H20F2N4OS/c1-3-32-18-7-5-17(6-8-18)30-22-13-19-16(14-29-22)10-11-28-23(19)20-12-15(2)4-9-21(20)31-24(25,26)27/h3-14H,1,27H2,2H3,(H,29,30). The molecule has 0 aliphatic heterocycles. The lowest BCUT2D eigenvalue weighted by molar-refractivity contribution is -0.169. The Hall–Kier alpha value is -3.49. The Balaban J connectivity index is 1.75. The third-order valence-electron chi connectivity index (χ3n) is 4.63. The van der Waals surface area contributed by atoms with Gasteiger partial charge in [-0.25, -0.2) is 10.7 Å². The first kappa shape index (κ1) is 21.7. The summed E-state index contributed by atoms with van der Waals surface area (Å²) >= 11 is 1.54. The number of nitrogens with one attached hydrogen (secondary N) is 1. The summed E-state index contributed by atoms with van der Waals surface area (Å²) in [5.74, 6) is 0.542. The molecule has 8 heteroatoms. The van der Waals surface area contributed by atoms with E-state index >= 15 is 0 Å². The first-order valence-corrected chi connectivity index (χ1v) is 10.6. The number of hydrogen-bond donors (Lipinski definition) is 2. The third-order valence-corrected chi connectivity index (χ3v) is 5.34. The van der Waals surface area contributed by atoms with Crippen molar-refractivity contribution in [2.45, 2.75) is 18.1 Å². The molecule has 0 spiro atoms. The third kappa shape index (κ3) is 5.04. The summed E-state index contributed by atoms with van der Waals surface area (Å²) in [6.07, 6.45) is -0.493. The maximum absolute atomic E-state index is 13.4. The Morgan fingerprint density at radius 3 is 2.59 bits per heavy atom. The summed E-state index contributed by atoms with van der Waals surface area (Å²) in [7, 11) is 0. The van der Waals surface area contributed by atoms with Gasteiger partial charge in [-0.3, -0.25) is 4.98 Å². The smallest absolute Gasteiger partial charge is 0.419 e. The molecule has 0 atom stereocenters. The van der Waals surface area contributed by atoms with Gasteiger partial charge in [-0.2, -0.15) is 0 Å². The summed E-state index contributed by atoms with van der Waals surface area (Å²) in [6.45, 7) is 5.58. The number of thioether (sulfide) groups is 1. The molecule has 3 N–H and O–H groups in total. The number of benzene rings is 2. The van der Waals surface area contributed by atoms with Gasteiger partial charge in [0.15, 0.2) is 0 Å². The Bertz CT molecular complexity index is 1270. The number of fused-ring (bicyclic) bond motifs is 1. The molecule has 0 saturated heterocycles. The average Bonchev–Trinajstić information content (AvgIpc) is 2.75. The van der Waals surface area contributed by atoms with Crippen LogP contribution in [0.15, 0.2) is 83.9 Å². The van der Waals surface area contributed by atoms with Gasteiger partial charge in [0.05, 0.1) is 5.69 Å². The highest BCUT2D eigenvalue weighted by Gasteiger charge is 2.27. The van der Waals surface area contributed by atoms with E-state index in [1.54, 1.807) is 29.9 Å². The minimum Gasteiger partial charge on any atom is -0.419 e. The van der Waals surface area contributed by atoms with Crippen LogP contribution in [0.1, 0.15) is 5.56 Å². The topological polar surface area (TPSA) is 73.1 Å². The number of aryl methyl sites for hydroxylation is 1. The highest BCUT2D eigenvalue weighted by Crippen LogP contribution is 2.36. The fraction of sp³-hybridized carbons (Fsp3) is 0.0833. The molecule has 0 aliphatic carbocycles. The Morgan fingerprint density at radius 1 is 1.09 bits per heavy atom. The quantitative estimate of drug-likeness (QED) is 0.191. The molecule has 32 heavy (non-hydrogen) atoms. The molecular formula is C24H20F2N4OS. The lowest BCUT2D eigenvalue weighted by Crippen LogP contribution is -2.35. The van der Waals surface area contributed by atoms with Crippen molar-refractivity contribution < 1.29 is 13.5 Å². The molecule has 0 unspecified atom stereocenters. The normalized spacial score (nSPS) is 11.4. The summed E-state index contributed by atoms with van der Waals surface area (Å²) in [6, 6.07) is 16.4. The molecule has 5 nitrogen and oxygen atoms in total. The van der Waals surface area contributed by atoms with Crippen molar-refractivity contribution in [3.05, 3.63) is 84.5 Å². The second-order valence-electron chi connectivity index (χ2n) is 7.05. The van der Waals surface area contributed by atoms with Gasteiger partial charge in [-0.05, 0) is 60.9 Å². The molecule has 0 bridgehead atoms. The van der Waals surface area contributed by atoms with Crippen LogP contribution in [-0.2, 0) is 0 Å². The highest BCUT2D eigenvalue weighted by molar-refractivity contribution is 8.02. The van der Waals surface area contributed by atoms with Gasteiger partial charge in [0.25, 0.3) is 0 Å². The fourth-order valence-corrected chi connectivity index (χ4v) is 3.76. The van der Waals surface area contributed by atoms with Crippen molar-refractivity contribution >= 4 is 34.0 Å². The second-order valence-corrected chi connectivity index (χ2v) is 8.09. The lowest BCUT2D eigenvalue weighted by atomic mass is 10.0. The van der Waals surface area contributed by atoms with E-state index in [1.165, 1.54) is 17.8 Å². The Morgan fingerprint density at radius 2 is 1.88 bits per heavy atom. The van der Waals surface area contributed by atoms with Crippen LogP contribution < -0.4 is 15.8 Å². The number of nitrogens with zero attached hydrogens (tertiary/aromatic N) is 2. The maximum Gasteiger partial charge on any atom is 0.466 e. The van der Waals surface area contributed by atoms with Gasteiger partial charge in [-0.1, -0.05) is 30.0 Å². The van der Waals surface area contributed by atoms with E-state index in [-0.39, 0.29) is 5.75 Å². The molecule has 4 rings (SSSR count). The lowest BCUT2D eigenvalue weighted by Gasteiger charge is -2.17. The van der Waals surface area contributed by atoms with E-state index < -0.39 is 6.23 Å². The van der Waals surface area contributed by atoms with Crippen LogP contribution in [0, 0.1) is 6.92 Å². The number of halogens is 2. The van der Waals surface area contributed by atoms with Gasteiger partial charge in [-0.15, -0.1) is 8.78 Å². The summed E-state index contributed by atoms with van der Waals surface area (Å²) in [5.41, 5.74) is 7.45. The number of rotatable bonds is 7. The molecule has 0 fully saturated rings. The van der Waals surface area contributed by atoms with Crippen molar-refractivity contribution in [3.8, 4) is 17.0 Å². The molecule has 4 aromatic rings. The van der Waals surface area contributed by atoms with Crippen molar-refractivity contribution in [1.82, 2.24) is 9.97 Å². The SMILES string of the molecule is C=CSc1ccc(Nc2cc3c(-c4cc(C)ccc4OC(N)(F)F)nccc3cn2)cc1. The van der Waals surface area contributed by atoms with E-state index in [0.717, 1.165) is 26.9 Å². The second kappa shape index (κ2) is 8.94. The predicted molar refractivity (Wildman–Crippen MR) is 125 cm³/mol. The molecule has 0 radical (unpaired) electrons. The number of anilines is 2. The maximum atomic E-state index is 13.4. The van der Waals surface area contributed by atoms with E-state index in [1.807, 2.05) is 43.3 Å². The van der Waals surface area contributed by atoms with Crippen LogP contribution in [-0.4, -0.2) is 16.2 Å². The van der Waals surface area contributed by atoms with Gasteiger partial charge in [0, 0.05) is 39.3 Å². The fourth-order valence-electron chi connectivity index (χ4n) is 3.27. The van der Waals surface area contributed by atoms with Crippen LogP contribution in [0.4, 0.5) is 20.3 Å². The van der Waals surface area contributed by atoms with Crippen LogP contribution in [0.2, 0.25) is 0 Å². The monoisotopic (exact) mass is 450 g/mol. The van der Waals surface area contributed by atoms with Crippen LogP contribution >= 0.6 is 11.8 Å². The van der Waals surface area contributed by atoms with Crippen molar-refractivity contribution in [1.29, 1.82) is 0 Å². The van der Waals surface area contributed by atoms with Gasteiger partial charge < -0.3 is 10.1 Å². The molecule has 2 heterocycles. The molecule has 0 amide bonds. The van der Waals surface area contributed by atoms with Crippen LogP contribution in [0.3, 0.4) is 0 Å². The van der Waals surface area contributed by atoms with Gasteiger partial charge in [0.1, 0.15) is 11.6 Å². The minimum atomic E-state index is -3.81. The Kier molecular flexibility index (Phi) is 6.07. The summed E-state index contributed by atoms with van der Waals surface area (Å²) < 4.78 is 31.5. The van der Waals surface area contributed by atoms with E-state index in [0.29, 0.717) is 17.1 Å². The predicted octanol–water partition coefficient (Wildman–Crippen LogP) is 6.47. The number of hydrogen-bond acceptors (Lipinski definition) is 6. The molecule has 2 aromatic heterocycles. The van der Waals surface area contributed by atoms with E-state index in [9.17, 15) is 8.78 Å². The summed E-state index contributed by atoms with van der Waals surface area (Å²) in [4.78, 5) is 10.00. The average molecular weight is 451 g/mol. The molecule has 0 saturated carbocycles. The highest BCUT2D eigenvalue weighted by atomic mass is 32.2.